The molecule has 0 spiro atoms. The summed E-state index contributed by atoms with van der Waals surface area (Å²) >= 11 is 0. The van der Waals surface area contributed by atoms with Crippen LogP contribution in [-0.2, 0) is 4.79 Å². The van der Waals surface area contributed by atoms with Crippen LogP contribution in [-0.4, -0.2) is 25.1 Å². The first kappa shape index (κ1) is 16.0. The van der Waals surface area contributed by atoms with Crippen LogP contribution in [0.1, 0.15) is 5.56 Å². The molecule has 0 atom stereocenters. The average Bonchev–Trinajstić information content (AvgIpc) is 2.60. The second-order valence-corrected chi connectivity index (χ2v) is 4.48. The number of hydrogen-bond donors (Lipinski definition) is 1. The molecular formula is C17H15N3O3. The van der Waals surface area contributed by atoms with E-state index < -0.39 is 5.91 Å². The number of hydrogen-bond acceptors (Lipinski definition) is 5. The van der Waals surface area contributed by atoms with Crippen LogP contribution in [0.25, 0.3) is 6.08 Å². The predicted octanol–water partition coefficient (Wildman–Crippen LogP) is 2.64. The normalized spacial score (nSPS) is 10.6. The van der Waals surface area contributed by atoms with E-state index in [1.54, 1.807) is 42.7 Å². The topological polar surface area (TPSA) is 84.2 Å². The molecule has 1 amide bonds. The number of methoxy groups -OCH3 is 2. The Labute approximate surface area is 134 Å². The van der Waals surface area contributed by atoms with Crippen molar-refractivity contribution in [2.45, 2.75) is 0 Å². The van der Waals surface area contributed by atoms with Gasteiger partial charge in [-0.3, -0.25) is 9.78 Å². The van der Waals surface area contributed by atoms with Gasteiger partial charge in [0.2, 0.25) is 0 Å². The first-order valence-electron chi connectivity index (χ1n) is 6.73. The van der Waals surface area contributed by atoms with E-state index in [2.05, 4.69) is 10.3 Å². The molecule has 0 fully saturated rings. The first-order valence-corrected chi connectivity index (χ1v) is 6.73. The third-order valence-electron chi connectivity index (χ3n) is 3.00. The van der Waals surface area contributed by atoms with Gasteiger partial charge in [0.15, 0.2) is 11.5 Å². The second kappa shape index (κ2) is 7.61. The number of nitrogens with one attached hydrogen (secondary N) is 1. The molecule has 0 aliphatic rings. The van der Waals surface area contributed by atoms with E-state index in [1.165, 1.54) is 20.3 Å². The summed E-state index contributed by atoms with van der Waals surface area (Å²) < 4.78 is 10.3. The van der Waals surface area contributed by atoms with Crippen molar-refractivity contribution in [2.24, 2.45) is 0 Å². The van der Waals surface area contributed by atoms with Crippen LogP contribution in [0.4, 0.5) is 5.69 Å². The highest BCUT2D eigenvalue weighted by Crippen LogP contribution is 2.29. The smallest absolute Gasteiger partial charge is 0.266 e. The highest BCUT2D eigenvalue weighted by Gasteiger charge is 2.11. The summed E-state index contributed by atoms with van der Waals surface area (Å²) in [6.45, 7) is 0. The van der Waals surface area contributed by atoms with E-state index in [1.807, 2.05) is 6.07 Å². The van der Waals surface area contributed by atoms with Crippen molar-refractivity contribution in [3.8, 4) is 17.6 Å². The summed E-state index contributed by atoms with van der Waals surface area (Å²) in [5, 5.41) is 11.8. The van der Waals surface area contributed by atoms with E-state index in [9.17, 15) is 10.1 Å². The summed E-state index contributed by atoms with van der Waals surface area (Å²) in [4.78, 5) is 16.1. The number of nitrogens with zero attached hydrogens (tertiary/aromatic N) is 2. The number of amides is 1. The Hall–Kier alpha value is -3.33. The molecule has 2 rings (SSSR count). The van der Waals surface area contributed by atoms with Gasteiger partial charge < -0.3 is 14.8 Å². The zero-order valence-electron chi connectivity index (χ0n) is 12.7. The van der Waals surface area contributed by atoms with Crippen molar-refractivity contribution in [3.63, 3.8) is 0 Å². The van der Waals surface area contributed by atoms with Crippen LogP contribution in [0.5, 0.6) is 11.5 Å². The molecule has 2 aromatic rings. The van der Waals surface area contributed by atoms with Crippen LogP contribution >= 0.6 is 0 Å². The van der Waals surface area contributed by atoms with Gasteiger partial charge in [0.05, 0.1) is 14.2 Å². The minimum absolute atomic E-state index is 0.0206. The maximum absolute atomic E-state index is 12.2. The van der Waals surface area contributed by atoms with Gasteiger partial charge in [-0.15, -0.1) is 0 Å². The van der Waals surface area contributed by atoms with Crippen LogP contribution in [0.3, 0.4) is 0 Å². The molecule has 6 heteroatoms. The quantitative estimate of drug-likeness (QED) is 0.678. The fraction of sp³-hybridized carbons (Fsp3) is 0.118. The van der Waals surface area contributed by atoms with Crippen LogP contribution in [0, 0.1) is 11.3 Å². The largest absolute Gasteiger partial charge is 0.493 e. The molecule has 0 unspecified atom stereocenters. The van der Waals surface area contributed by atoms with Crippen molar-refractivity contribution in [3.05, 3.63) is 53.9 Å². The van der Waals surface area contributed by atoms with E-state index in [0.29, 0.717) is 22.7 Å². The van der Waals surface area contributed by atoms with Gasteiger partial charge in [0.1, 0.15) is 11.6 Å². The molecule has 0 aliphatic carbocycles. The van der Waals surface area contributed by atoms with E-state index >= 15 is 0 Å². The summed E-state index contributed by atoms with van der Waals surface area (Å²) in [6.07, 6.45) is 4.66. The number of ether oxygens (including phenoxy) is 2. The number of carbonyl (C=O) groups is 1. The fourth-order valence-corrected chi connectivity index (χ4v) is 1.89. The molecule has 6 nitrogen and oxygen atoms in total. The lowest BCUT2D eigenvalue weighted by atomic mass is 10.1. The van der Waals surface area contributed by atoms with Gasteiger partial charge in [-0.25, -0.2) is 0 Å². The summed E-state index contributed by atoms with van der Waals surface area (Å²) in [6, 6.07) is 10.3. The fourth-order valence-electron chi connectivity index (χ4n) is 1.89. The molecule has 0 aliphatic heterocycles. The summed E-state index contributed by atoms with van der Waals surface area (Å²) in [5.41, 5.74) is 1.15. The van der Waals surface area contributed by atoms with Crippen molar-refractivity contribution < 1.29 is 14.3 Å². The Kier molecular flexibility index (Phi) is 5.31. The van der Waals surface area contributed by atoms with Gasteiger partial charge in [0.25, 0.3) is 5.91 Å². The summed E-state index contributed by atoms with van der Waals surface area (Å²) in [7, 11) is 3.03. The zero-order valence-corrected chi connectivity index (χ0v) is 12.7. The Morgan fingerprint density at radius 3 is 2.65 bits per heavy atom. The Morgan fingerprint density at radius 2 is 2.04 bits per heavy atom. The van der Waals surface area contributed by atoms with Gasteiger partial charge in [0, 0.05) is 24.1 Å². The van der Waals surface area contributed by atoms with Crippen LogP contribution < -0.4 is 14.8 Å². The number of carbonyl (C=O) groups excluding carboxylic acids is 1. The predicted molar refractivity (Wildman–Crippen MR) is 86.0 cm³/mol. The number of anilines is 1. The SMILES string of the molecule is COc1ccc(NC(=O)C(C#N)=Cc2cccnc2)cc1OC. The zero-order chi connectivity index (χ0) is 16.7. The molecular weight excluding hydrogens is 294 g/mol. The molecule has 1 aromatic heterocycles. The molecule has 0 bridgehead atoms. The van der Waals surface area contributed by atoms with Crippen molar-refractivity contribution in [1.29, 1.82) is 5.26 Å². The molecule has 0 saturated heterocycles. The van der Waals surface area contributed by atoms with E-state index in [4.69, 9.17) is 9.47 Å². The average molecular weight is 309 g/mol. The Bertz CT molecular complexity index is 764. The molecule has 0 radical (unpaired) electrons. The summed E-state index contributed by atoms with van der Waals surface area (Å²) in [5.74, 6) is 0.528. The van der Waals surface area contributed by atoms with Crippen molar-refractivity contribution >= 4 is 17.7 Å². The number of benzene rings is 1. The van der Waals surface area contributed by atoms with Gasteiger partial charge in [-0.1, -0.05) is 6.07 Å². The first-order chi connectivity index (χ1) is 11.2. The molecule has 0 saturated carbocycles. The monoisotopic (exact) mass is 309 g/mol. The van der Waals surface area contributed by atoms with Gasteiger partial charge in [-0.2, -0.15) is 5.26 Å². The second-order valence-electron chi connectivity index (χ2n) is 4.48. The molecule has 1 N–H and O–H groups in total. The van der Waals surface area contributed by atoms with Crippen LogP contribution in [0.15, 0.2) is 48.3 Å². The highest BCUT2D eigenvalue weighted by molar-refractivity contribution is 6.09. The van der Waals surface area contributed by atoms with Crippen molar-refractivity contribution in [2.75, 3.05) is 19.5 Å². The van der Waals surface area contributed by atoms with Gasteiger partial charge in [-0.05, 0) is 29.8 Å². The third-order valence-corrected chi connectivity index (χ3v) is 3.00. The molecule has 1 aromatic carbocycles. The molecule has 23 heavy (non-hydrogen) atoms. The number of rotatable bonds is 5. The minimum Gasteiger partial charge on any atom is -0.493 e. The number of pyridine rings is 1. The standard InChI is InChI=1S/C17H15N3O3/c1-22-15-6-5-14(9-16(15)23-2)20-17(21)13(10-18)8-12-4-3-7-19-11-12/h3-9,11H,1-2H3,(H,20,21). The lowest BCUT2D eigenvalue weighted by molar-refractivity contribution is -0.112. The lowest BCUT2D eigenvalue weighted by Gasteiger charge is -2.10. The highest BCUT2D eigenvalue weighted by atomic mass is 16.5. The van der Waals surface area contributed by atoms with E-state index in [0.717, 1.165) is 0 Å². The Balaban J connectivity index is 2.20. The number of aromatic nitrogens is 1. The number of nitriles is 1. The van der Waals surface area contributed by atoms with Gasteiger partial charge >= 0.3 is 0 Å². The van der Waals surface area contributed by atoms with E-state index in [-0.39, 0.29) is 5.57 Å². The van der Waals surface area contributed by atoms with Crippen LogP contribution in [0.2, 0.25) is 0 Å². The van der Waals surface area contributed by atoms with Crippen molar-refractivity contribution in [1.82, 2.24) is 4.98 Å². The molecule has 1 heterocycles. The Morgan fingerprint density at radius 1 is 1.26 bits per heavy atom. The third kappa shape index (κ3) is 4.08. The lowest BCUT2D eigenvalue weighted by Crippen LogP contribution is -2.13. The minimum atomic E-state index is -0.511. The molecule has 116 valence electrons. The maximum Gasteiger partial charge on any atom is 0.266 e. The maximum atomic E-state index is 12.2.